The first-order chi connectivity index (χ1) is 11.8. The maximum Gasteiger partial charge on any atom is 0.336 e. The van der Waals surface area contributed by atoms with Crippen molar-refractivity contribution >= 4 is 27.5 Å². The van der Waals surface area contributed by atoms with E-state index in [1.807, 2.05) is 0 Å². The lowest BCUT2D eigenvalue weighted by Gasteiger charge is -2.18. The summed E-state index contributed by atoms with van der Waals surface area (Å²) in [7, 11) is -3.91. The normalized spacial score (nSPS) is 12.2. The Kier molecular flexibility index (Phi) is 5.89. The van der Waals surface area contributed by atoms with Gasteiger partial charge in [0, 0.05) is 11.3 Å². The molecular formula is C17H18N2O5S. The van der Waals surface area contributed by atoms with Crippen molar-refractivity contribution in [3.05, 3.63) is 60.2 Å². The first-order valence-electron chi connectivity index (χ1n) is 7.48. The summed E-state index contributed by atoms with van der Waals surface area (Å²) in [6, 6.07) is 12.5. The minimum atomic E-state index is -3.91. The van der Waals surface area contributed by atoms with Crippen molar-refractivity contribution in [1.82, 2.24) is 0 Å². The first-order valence-corrected chi connectivity index (χ1v) is 9.03. The van der Waals surface area contributed by atoms with E-state index in [1.54, 1.807) is 37.3 Å². The van der Waals surface area contributed by atoms with E-state index in [0.717, 1.165) is 0 Å². The molecule has 0 aliphatic rings. The van der Waals surface area contributed by atoms with E-state index in [2.05, 4.69) is 5.32 Å². The van der Waals surface area contributed by atoms with Gasteiger partial charge in [0.15, 0.2) is 11.8 Å². The number of hydrogen-bond acceptors (Lipinski definition) is 6. The molecule has 0 spiro atoms. The lowest BCUT2D eigenvalue weighted by molar-refractivity contribution is -0.142. The quantitative estimate of drug-likeness (QED) is 0.439. The molecule has 2 aromatic carbocycles. The third-order valence-electron chi connectivity index (χ3n) is 3.32. The Bertz CT molecular complexity index is 866. The van der Waals surface area contributed by atoms with Crippen molar-refractivity contribution in [2.75, 3.05) is 11.9 Å². The van der Waals surface area contributed by atoms with Crippen LogP contribution in [0.5, 0.6) is 0 Å². The van der Waals surface area contributed by atoms with Gasteiger partial charge in [0.05, 0.1) is 11.5 Å². The molecular weight excluding hydrogens is 344 g/mol. The average molecular weight is 362 g/mol. The molecule has 0 aromatic heterocycles. The van der Waals surface area contributed by atoms with Gasteiger partial charge in [-0.25, -0.2) is 18.4 Å². The van der Waals surface area contributed by atoms with Crippen molar-refractivity contribution < 1.29 is 22.7 Å². The van der Waals surface area contributed by atoms with Crippen LogP contribution in [0.4, 0.5) is 5.69 Å². The summed E-state index contributed by atoms with van der Waals surface area (Å²) in [4.78, 5) is 24.7. The van der Waals surface area contributed by atoms with E-state index < -0.39 is 27.8 Å². The summed E-state index contributed by atoms with van der Waals surface area (Å²) in [5, 5.41) is 7.83. The molecule has 7 nitrogen and oxygen atoms in total. The number of benzene rings is 2. The predicted molar refractivity (Wildman–Crippen MR) is 92.6 cm³/mol. The summed E-state index contributed by atoms with van der Waals surface area (Å²) in [5.74, 6) is -1.24. The Morgan fingerprint density at radius 2 is 1.80 bits per heavy atom. The summed E-state index contributed by atoms with van der Waals surface area (Å²) in [6.45, 7) is 1.74. The highest BCUT2D eigenvalue weighted by Crippen LogP contribution is 2.17. The minimum absolute atomic E-state index is 0.107. The zero-order chi connectivity index (χ0) is 18.4. The zero-order valence-corrected chi connectivity index (χ0v) is 14.3. The van der Waals surface area contributed by atoms with Crippen LogP contribution in [0.3, 0.4) is 0 Å². The van der Waals surface area contributed by atoms with Gasteiger partial charge in [0.2, 0.25) is 10.0 Å². The third-order valence-corrected chi connectivity index (χ3v) is 4.23. The fourth-order valence-electron chi connectivity index (χ4n) is 2.16. The van der Waals surface area contributed by atoms with Gasteiger partial charge in [0.1, 0.15) is 0 Å². The molecule has 25 heavy (non-hydrogen) atoms. The molecule has 0 saturated heterocycles. The topological polar surface area (TPSA) is 116 Å². The molecule has 0 amide bonds. The summed E-state index contributed by atoms with van der Waals surface area (Å²) >= 11 is 0. The molecule has 1 atom stereocenters. The van der Waals surface area contributed by atoms with E-state index in [-0.39, 0.29) is 17.2 Å². The second-order valence-corrected chi connectivity index (χ2v) is 6.69. The smallest absolute Gasteiger partial charge is 0.336 e. The van der Waals surface area contributed by atoms with Gasteiger partial charge in [-0.1, -0.05) is 36.4 Å². The number of esters is 1. The van der Waals surface area contributed by atoms with Crippen LogP contribution in [0.15, 0.2) is 59.5 Å². The average Bonchev–Trinajstić information content (AvgIpc) is 2.59. The Morgan fingerprint density at radius 1 is 1.12 bits per heavy atom. The van der Waals surface area contributed by atoms with E-state index >= 15 is 0 Å². The Labute approximate surface area is 145 Å². The SMILES string of the molecule is CCOC(=O)C(Nc1cccc(S(N)(=O)=O)c1)C(=O)c1ccccc1. The molecule has 0 aliphatic carbocycles. The van der Waals surface area contributed by atoms with Crippen LogP contribution < -0.4 is 10.5 Å². The molecule has 0 aliphatic heterocycles. The number of nitrogens with two attached hydrogens (primary N) is 1. The van der Waals surface area contributed by atoms with Gasteiger partial charge < -0.3 is 10.1 Å². The second-order valence-electron chi connectivity index (χ2n) is 5.13. The fraction of sp³-hybridized carbons (Fsp3) is 0.176. The molecule has 0 radical (unpaired) electrons. The van der Waals surface area contributed by atoms with Gasteiger partial charge in [-0.3, -0.25) is 4.79 Å². The number of nitrogens with one attached hydrogen (secondary N) is 1. The minimum Gasteiger partial charge on any atom is -0.464 e. The van der Waals surface area contributed by atoms with Crippen LogP contribution in [-0.2, 0) is 19.6 Å². The van der Waals surface area contributed by atoms with Gasteiger partial charge in [-0.15, -0.1) is 0 Å². The van der Waals surface area contributed by atoms with Crippen LogP contribution >= 0.6 is 0 Å². The highest BCUT2D eigenvalue weighted by Gasteiger charge is 2.29. The van der Waals surface area contributed by atoms with Crippen LogP contribution in [0, 0.1) is 0 Å². The van der Waals surface area contributed by atoms with Crippen LogP contribution in [0.25, 0.3) is 0 Å². The highest BCUT2D eigenvalue weighted by molar-refractivity contribution is 7.89. The summed E-state index contributed by atoms with van der Waals surface area (Å²) in [5.41, 5.74) is 0.588. The van der Waals surface area contributed by atoms with E-state index in [0.29, 0.717) is 5.56 Å². The maximum atomic E-state index is 12.6. The molecule has 0 heterocycles. The zero-order valence-electron chi connectivity index (χ0n) is 13.5. The fourth-order valence-corrected chi connectivity index (χ4v) is 2.72. The Hall–Kier alpha value is -2.71. The van der Waals surface area contributed by atoms with Crippen molar-refractivity contribution in [1.29, 1.82) is 0 Å². The molecule has 2 aromatic rings. The van der Waals surface area contributed by atoms with Crippen molar-refractivity contribution in [2.45, 2.75) is 17.9 Å². The predicted octanol–water partition coefficient (Wildman–Crippen LogP) is 1.56. The summed E-state index contributed by atoms with van der Waals surface area (Å²) in [6.07, 6.45) is 0. The van der Waals surface area contributed by atoms with E-state index in [4.69, 9.17) is 9.88 Å². The Morgan fingerprint density at radius 3 is 2.40 bits per heavy atom. The van der Waals surface area contributed by atoms with Crippen molar-refractivity contribution in [3.63, 3.8) is 0 Å². The lowest BCUT2D eigenvalue weighted by Crippen LogP contribution is -2.39. The largest absolute Gasteiger partial charge is 0.464 e. The second kappa shape index (κ2) is 7.91. The van der Waals surface area contributed by atoms with E-state index in [9.17, 15) is 18.0 Å². The van der Waals surface area contributed by atoms with E-state index in [1.165, 1.54) is 24.3 Å². The van der Waals surface area contributed by atoms with Crippen LogP contribution in [0.2, 0.25) is 0 Å². The van der Waals surface area contributed by atoms with Gasteiger partial charge in [0.25, 0.3) is 0 Å². The highest BCUT2D eigenvalue weighted by atomic mass is 32.2. The first kappa shape index (κ1) is 18.6. The van der Waals surface area contributed by atoms with Crippen LogP contribution in [0.1, 0.15) is 17.3 Å². The number of ether oxygens (including phenoxy) is 1. The number of anilines is 1. The number of Topliss-reactive ketones (excluding diaryl/α,β-unsaturated/α-hetero) is 1. The number of hydrogen-bond donors (Lipinski definition) is 2. The molecule has 8 heteroatoms. The maximum absolute atomic E-state index is 12.6. The molecule has 132 valence electrons. The lowest BCUT2D eigenvalue weighted by atomic mass is 10.0. The van der Waals surface area contributed by atoms with Crippen molar-refractivity contribution in [3.8, 4) is 0 Å². The number of carbonyl (C=O) groups excluding carboxylic acids is 2. The molecule has 0 bridgehead atoms. The Balaban J connectivity index is 2.34. The van der Waals surface area contributed by atoms with Crippen LogP contribution in [-0.4, -0.2) is 32.8 Å². The standard InChI is InChI=1S/C17H18N2O5S/c1-2-24-17(21)15(16(20)12-7-4-3-5-8-12)19-13-9-6-10-14(11-13)25(18,22)23/h3-11,15,19H,2H2,1H3,(H2,18,22,23). The number of ketones is 1. The molecule has 3 N–H and O–H groups in total. The van der Waals surface area contributed by atoms with Gasteiger partial charge in [-0.2, -0.15) is 0 Å². The third kappa shape index (κ3) is 4.88. The number of sulfonamides is 1. The molecule has 0 fully saturated rings. The van der Waals surface area contributed by atoms with Gasteiger partial charge >= 0.3 is 5.97 Å². The molecule has 2 rings (SSSR count). The van der Waals surface area contributed by atoms with Crippen molar-refractivity contribution in [2.24, 2.45) is 5.14 Å². The monoisotopic (exact) mass is 362 g/mol. The number of rotatable bonds is 7. The summed E-state index contributed by atoms with van der Waals surface area (Å²) < 4.78 is 27.9. The molecule has 0 saturated carbocycles. The number of primary sulfonamides is 1. The number of carbonyl (C=O) groups is 2. The molecule has 1 unspecified atom stereocenters. The van der Waals surface area contributed by atoms with Gasteiger partial charge in [-0.05, 0) is 25.1 Å².